The Morgan fingerprint density at radius 3 is 0.965 bits per heavy atom. The van der Waals surface area contributed by atoms with Crippen molar-refractivity contribution in [2.45, 2.75) is 258 Å². The lowest BCUT2D eigenvalue weighted by atomic mass is 10.1. The van der Waals surface area contributed by atoms with E-state index in [-0.39, 0.29) is 31.1 Å². The standard InChI is InChI=1S/C51H92O6/c1-4-7-10-13-16-19-22-24-25-26-27-30-32-35-38-41-44-50(53)56-47-48(46-55-49(52)43-40-37-34-31-28-21-18-15-12-9-6-3)57-51(54)45-42-39-36-33-29-23-20-17-14-11-8-5-2/h15,17-18,20,25-26,48H,4-14,16,19,21-24,27-47H2,1-3H3/b18-15-,20-17-,26-25-. The Balaban J connectivity index is 4.37. The molecular formula is C51H92O6. The van der Waals surface area contributed by atoms with E-state index in [4.69, 9.17) is 14.2 Å². The van der Waals surface area contributed by atoms with Crippen molar-refractivity contribution in [1.29, 1.82) is 0 Å². The fourth-order valence-electron chi connectivity index (χ4n) is 6.82. The molecule has 1 unspecified atom stereocenters. The Labute approximate surface area is 353 Å². The fraction of sp³-hybridized carbons (Fsp3) is 0.824. The molecule has 332 valence electrons. The number of unbranched alkanes of at least 4 members (excludes halogenated alkanes) is 27. The summed E-state index contributed by atoms with van der Waals surface area (Å²) in [6.07, 6.45) is 52.7. The van der Waals surface area contributed by atoms with Crippen LogP contribution in [-0.4, -0.2) is 37.2 Å². The Kier molecular flexibility index (Phi) is 44.4. The molecule has 0 aromatic carbocycles. The van der Waals surface area contributed by atoms with Gasteiger partial charge in [-0.25, -0.2) is 0 Å². The maximum Gasteiger partial charge on any atom is 0.306 e. The van der Waals surface area contributed by atoms with Gasteiger partial charge in [-0.15, -0.1) is 0 Å². The van der Waals surface area contributed by atoms with Crippen molar-refractivity contribution in [3.8, 4) is 0 Å². The van der Waals surface area contributed by atoms with Gasteiger partial charge in [0.05, 0.1) is 0 Å². The van der Waals surface area contributed by atoms with Gasteiger partial charge in [0.25, 0.3) is 0 Å². The van der Waals surface area contributed by atoms with E-state index in [0.717, 1.165) is 83.5 Å². The third-order valence-corrected chi connectivity index (χ3v) is 10.6. The maximum absolute atomic E-state index is 12.7. The highest BCUT2D eigenvalue weighted by molar-refractivity contribution is 5.71. The molecule has 0 rings (SSSR count). The maximum atomic E-state index is 12.7. The van der Waals surface area contributed by atoms with E-state index in [9.17, 15) is 14.4 Å². The number of carbonyl (C=O) groups is 3. The lowest BCUT2D eigenvalue weighted by Crippen LogP contribution is -2.30. The minimum Gasteiger partial charge on any atom is -0.462 e. The zero-order valence-corrected chi connectivity index (χ0v) is 37.9. The minimum atomic E-state index is -0.779. The molecule has 0 radical (unpaired) electrons. The predicted molar refractivity (Wildman–Crippen MR) is 242 cm³/mol. The van der Waals surface area contributed by atoms with E-state index < -0.39 is 6.10 Å². The molecule has 0 saturated carbocycles. The molecule has 0 fully saturated rings. The Morgan fingerprint density at radius 1 is 0.333 bits per heavy atom. The second kappa shape index (κ2) is 46.3. The SMILES string of the molecule is CCCC/C=C\CCCCCCCC(=O)OCC(COC(=O)CCCCCCC/C=C\CCCCCCCCC)OC(=O)CCCCCCC/C=C\CCCCC. The van der Waals surface area contributed by atoms with Gasteiger partial charge in [-0.3, -0.25) is 14.4 Å². The van der Waals surface area contributed by atoms with Crippen LogP contribution in [0.4, 0.5) is 0 Å². The predicted octanol–water partition coefficient (Wildman–Crippen LogP) is 15.8. The zero-order valence-electron chi connectivity index (χ0n) is 37.9. The molecule has 6 heteroatoms. The number of hydrogen-bond acceptors (Lipinski definition) is 6. The summed E-state index contributed by atoms with van der Waals surface area (Å²) in [6.45, 7) is 6.55. The first kappa shape index (κ1) is 54.6. The molecule has 0 N–H and O–H groups in total. The second-order valence-corrected chi connectivity index (χ2v) is 16.4. The molecule has 0 aliphatic rings. The average molecular weight is 801 g/mol. The van der Waals surface area contributed by atoms with Crippen LogP contribution in [0, 0.1) is 0 Å². The summed E-state index contributed by atoms with van der Waals surface area (Å²) in [5.41, 5.74) is 0. The zero-order chi connectivity index (χ0) is 41.5. The first-order valence-corrected chi connectivity index (χ1v) is 24.5. The molecule has 1 atom stereocenters. The molecule has 0 bridgehead atoms. The Hall–Kier alpha value is -2.37. The van der Waals surface area contributed by atoms with Crippen molar-refractivity contribution in [3.05, 3.63) is 36.5 Å². The van der Waals surface area contributed by atoms with Crippen molar-refractivity contribution in [3.63, 3.8) is 0 Å². The van der Waals surface area contributed by atoms with E-state index in [2.05, 4.69) is 57.2 Å². The van der Waals surface area contributed by atoms with Crippen LogP contribution in [0.1, 0.15) is 252 Å². The molecule has 0 aromatic rings. The van der Waals surface area contributed by atoms with Crippen molar-refractivity contribution in [2.75, 3.05) is 13.2 Å². The summed E-state index contributed by atoms with van der Waals surface area (Å²) in [6, 6.07) is 0. The van der Waals surface area contributed by atoms with E-state index in [1.807, 2.05) is 0 Å². The summed E-state index contributed by atoms with van der Waals surface area (Å²) in [5, 5.41) is 0. The highest BCUT2D eigenvalue weighted by Crippen LogP contribution is 2.14. The molecule has 6 nitrogen and oxygen atoms in total. The molecule has 0 heterocycles. The molecule has 0 saturated heterocycles. The minimum absolute atomic E-state index is 0.0815. The highest BCUT2D eigenvalue weighted by Gasteiger charge is 2.19. The third kappa shape index (κ3) is 44.6. The largest absolute Gasteiger partial charge is 0.462 e. The fourth-order valence-corrected chi connectivity index (χ4v) is 6.82. The van der Waals surface area contributed by atoms with Gasteiger partial charge >= 0.3 is 17.9 Å². The number of esters is 3. The number of carbonyl (C=O) groups excluding carboxylic acids is 3. The number of ether oxygens (including phenoxy) is 3. The quantitative estimate of drug-likeness (QED) is 0.0264. The van der Waals surface area contributed by atoms with Crippen LogP contribution < -0.4 is 0 Å². The molecule has 0 aliphatic carbocycles. The summed E-state index contributed by atoms with van der Waals surface area (Å²) in [5.74, 6) is -0.904. The third-order valence-electron chi connectivity index (χ3n) is 10.6. The summed E-state index contributed by atoms with van der Waals surface area (Å²) < 4.78 is 16.7. The summed E-state index contributed by atoms with van der Waals surface area (Å²) in [4.78, 5) is 37.8. The van der Waals surface area contributed by atoms with E-state index in [1.54, 1.807) is 0 Å². The van der Waals surface area contributed by atoms with Crippen molar-refractivity contribution in [1.82, 2.24) is 0 Å². The van der Waals surface area contributed by atoms with Crippen LogP contribution in [0.25, 0.3) is 0 Å². The Bertz CT molecular complexity index is 969. The smallest absolute Gasteiger partial charge is 0.306 e. The normalized spacial score (nSPS) is 12.3. The molecule has 0 aliphatic heterocycles. The van der Waals surface area contributed by atoms with Gasteiger partial charge < -0.3 is 14.2 Å². The molecule has 0 aromatic heterocycles. The van der Waals surface area contributed by atoms with Crippen molar-refractivity contribution < 1.29 is 28.6 Å². The first-order valence-electron chi connectivity index (χ1n) is 24.5. The molecule has 0 amide bonds. The van der Waals surface area contributed by atoms with Gasteiger partial charge in [0.2, 0.25) is 0 Å². The van der Waals surface area contributed by atoms with Gasteiger partial charge in [0.1, 0.15) is 13.2 Å². The molecular weight excluding hydrogens is 709 g/mol. The van der Waals surface area contributed by atoms with Crippen LogP contribution in [0.3, 0.4) is 0 Å². The number of rotatable bonds is 44. The second-order valence-electron chi connectivity index (χ2n) is 16.4. The van der Waals surface area contributed by atoms with Gasteiger partial charge in [0.15, 0.2) is 6.10 Å². The van der Waals surface area contributed by atoms with E-state index in [0.29, 0.717) is 19.3 Å². The van der Waals surface area contributed by atoms with Crippen LogP contribution in [0.2, 0.25) is 0 Å². The van der Waals surface area contributed by atoms with Gasteiger partial charge in [0, 0.05) is 19.3 Å². The van der Waals surface area contributed by atoms with Crippen LogP contribution in [0.15, 0.2) is 36.5 Å². The van der Waals surface area contributed by atoms with E-state index in [1.165, 1.54) is 128 Å². The van der Waals surface area contributed by atoms with Crippen LogP contribution in [-0.2, 0) is 28.6 Å². The highest BCUT2D eigenvalue weighted by atomic mass is 16.6. The van der Waals surface area contributed by atoms with Crippen LogP contribution in [0.5, 0.6) is 0 Å². The average Bonchev–Trinajstić information content (AvgIpc) is 3.21. The van der Waals surface area contributed by atoms with Crippen molar-refractivity contribution in [2.24, 2.45) is 0 Å². The number of allylic oxidation sites excluding steroid dienone is 6. The monoisotopic (exact) mass is 801 g/mol. The van der Waals surface area contributed by atoms with Gasteiger partial charge in [-0.05, 0) is 89.9 Å². The van der Waals surface area contributed by atoms with Gasteiger partial charge in [-0.2, -0.15) is 0 Å². The summed E-state index contributed by atoms with van der Waals surface area (Å²) in [7, 11) is 0. The Morgan fingerprint density at radius 2 is 0.596 bits per heavy atom. The lowest BCUT2D eigenvalue weighted by molar-refractivity contribution is -0.167. The molecule has 57 heavy (non-hydrogen) atoms. The topological polar surface area (TPSA) is 78.9 Å². The molecule has 0 spiro atoms. The van der Waals surface area contributed by atoms with Gasteiger partial charge in [-0.1, -0.05) is 179 Å². The lowest BCUT2D eigenvalue weighted by Gasteiger charge is -2.18. The van der Waals surface area contributed by atoms with Crippen molar-refractivity contribution >= 4 is 17.9 Å². The first-order chi connectivity index (χ1) is 28.0. The van der Waals surface area contributed by atoms with Crippen LogP contribution >= 0.6 is 0 Å². The van der Waals surface area contributed by atoms with E-state index >= 15 is 0 Å². The number of hydrogen-bond donors (Lipinski definition) is 0. The summed E-state index contributed by atoms with van der Waals surface area (Å²) >= 11 is 0.